The molecule has 0 saturated carbocycles. The number of carbonyl (C=O) groups excluding carboxylic acids is 1. The van der Waals surface area contributed by atoms with Gasteiger partial charge in [-0.3, -0.25) is 4.79 Å². The zero-order valence-electron chi connectivity index (χ0n) is 13.4. The van der Waals surface area contributed by atoms with E-state index in [2.05, 4.69) is 45.6 Å². The third-order valence-electron chi connectivity index (χ3n) is 2.41. The van der Waals surface area contributed by atoms with Crippen molar-refractivity contribution in [3.8, 4) is 0 Å². The highest BCUT2D eigenvalue weighted by molar-refractivity contribution is 6.69. The van der Waals surface area contributed by atoms with Crippen LogP contribution in [0.5, 0.6) is 0 Å². The van der Waals surface area contributed by atoms with Crippen molar-refractivity contribution < 1.29 is 14.0 Å². The van der Waals surface area contributed by atoms with Gasteiger partial charge < -0.3 is 9.16 Å². The van der Waals surface area contributed by atoms with Crippen LogP contribution in [0.15, 0.2) is 23.3 Å². The van der Waals surface area contributed by atoms with E-state index >= 15 is 0 Å². The molecule has 0 bridgehead atoms. The van der Waals surface area contributed by atoms with Crippen LogP contribution in [0.25, 0.3) is 0 Å². The van der Waals surface area contributed by atoms with Gasteiger partial charge in [-0.25, -0.2) is 0 Å². The summed E-state index contributed by atoms with van der Waals surface area (Å²) in [4.78, 5) is 10.9. The molecule has 0 aromatic heterocycles. The van der Waals surface area contributed by atoms with E-state index in [-0.39, 0.29) is 12.1 Å². The van der Waals surface area contributed by atoms with Crippen molar-refractivity contribution in [1.82, 2.24) is 0 Å². The number of rotatable bonds is 7. The Morgan fingerprint density at radius 3 is 2.11 bits per heavy atom. The van der Waals surface area contributed by atoms with Gasteiger partial charge in [-0.2, -0.15) is 0 Å². The largest absolute Gasteiger partial charge is 0.463 e. The Bertz CT molecular complexity index is 347. The Balaban J connectivity index is 4.70. The van der Waals surface area contributed by atoms with E-state index in [0.717, 1.165) is 12.0 Å². The SMILES string of the molecule is CC(=O)OCC(O[Si](C)(C)C)/C(C)=C/CC=C(C)C. The Morgan fingerprint density at radius 1 is 1.11 bits per heavy atom. The molecule has 0 amide bonds. The number of hydrogen-bond donors (Lipinski definition) is 0. The molecule has 0 spiro atoms. The molecule has 0 saturated heterocycles. The van der Waals surface area contributed by atoms with Gasteiger partial charge in [0.05, 0.1) is 0 Å². The number of hydrogen-bond acceptors (Lipinski definition) is 3. The van der Waals surface area contributed by atoms with Crippen molar-refractivity contribution >= 4 is 14.3 Å². The van der Waals surface area contributed by atoms with Crippen molar-refractivity contribution in [3.05, 3.63) is 23.3 Å². The smallest absolute Gasteiger partial charge is 0.302 e. The fourth-order valence-electron chi connectivity index (χ4n) is 1.49. The molecule has 0 heterocycles. The fraction of sp³-hybridized carbons (Fsp3) is 0.667. The number of allylic oxidation sites excluding steroid dienone is 3. The van der Waals surface area contributed by atoms with E-state index in [0.29, 0.717) is 6.61 Å². The molecule has 0 aliphatic rings. The van der Waals surface area contributed by atoms with E-state index < -0.39 is 8.32 Å². The van der Waals surface area contributed by atoms with Crippen LogP contribution in [0.4, 0.5) is 0 Å². The van der Waals surface area contributed by atoms with Gasteiger partial charge in [0.25, 0.3) is 0 Å². The lowest BCUT2D eigenvalue weighted by Crippen LogP contribution is -2.35. The maximum atomic E-state index is 10.9. The first-order valence-electron chi connectivity index (χ1n) is 6.73. The first-order valence-corrected chi connectivity index (χ1v) is 10.1. The van der Waals surface area contributed by atoms with E-state index in [1.54, 1.807) is 0 Å². The lowest BCUT2D eigenvalue weighted by molar-refractivity contribution is -0.142. The molecule has 4 heteroatoms. The minimum Gasteiger partial charge on any atom is -0.463 e. The molecule has 110 valence electrons. The van der Waals surface area contributed by atoms with Crippen LogP contribution in [0.1, 0.15) is 34.1 Å². The van der Waals surface area contributed by atoms with Gasteiger partial charge in [-0.15, -0.1) is 0 Å². The Hall–Kier alpha value is -0.873. The lowest BCUT2D eigenvalue weighted by atomic mass is 10.1. The second-order valence-corrected chi connectivity index (χ2v) is 10.4. The Labute approximate surface area is 118 Å². The van der Waals surface area contributed by atoms with Crippen LogP contribution in [-0.4, -0.2) is 27.0 Å². The molecule has 0 radical (unpaired) electrons. The van der Waals surface area contributed by atoms with Gasteiger partial charge in [-0.05, 0) is 52.4 Å². The minimum atomic E-state index is -1.66. The standard InChI is InChI=1S/C15H28O3Si/c1-12(2)9-8-10-13(3)15(11-17-14(4)16)18-19(5,6)7/h9-10,15H,8,11H2,1-7H3/b13-10+. The topological polar surface area (TPSA) is 35.5 Å². The molecule has 3 nitrogen and oxygen atoms in total. The monoisotopic (exact) mass is 284 g/mol. The van der Waals surface area contributed by atoms with Crippen LogP contribution in [0.3, 0.4) is 0 Å². The highest BCUT2D eigenvalue weighted by atomic mass is 28.4. The molecule has 0 aromatic rings. The molecule has 0 aromatic carbocycles. The third-order valence-corrected chi connectivity index (χ3v) is 3.40. The summed E-state index contributed by atoms with van der Waals surface area (Å²) in [6.07, 6.45) is 5.07. The van der Waals surface area contributed by atoms with Crippen LogP contribution >= 0.6 is 0 Å². The predicted molar refractivity (Wildman–Crippen MR) is 82.7 cm³/mol. The van der Waals surface area contributed by atoms with Crippen molar-refractivity contribution in [1.29, 1.82) is 0 Å². The average molecular weight is 284 g/mol. The summed E-state index contributed by atoms with van der Waals surface area (Å²) in [6.45, 7) is 14.3. The van der Waals surface area contributed by atoms with E-state index in [1.807, 2.05) is 6.92 Å². The second kappa shape index (κ2) is 8.33. The molecule has 0 aliphatic heterocycles. The van der Waals surface area contributed by atoms with Crippen LogP contribution in [-0.2, 0) is 14.0 Å². The van der Waals surface area contributed by atoms with Gasteiger partial charge in [0.15, 0.2) is 8.32 Å². The van der Waals surface area contributed by atoms with Gasteiger partial charge in [0, 0.05) is 6.92 Å². The Morgan fingerprint density at radius 2 is 1.68 bits per heavy atom. The lowest BCUT2D eigenvalue weighted by Gasteiger charge is -2.26. The number of esters is 1. The van der Waals surface area contributed by atoms with Crippen LogP contribution in [0.2, 0.25) is 19.6 Å². The van der Waals surface area contributed by atoms with Crippen molar-refractivity contribution in [2.75, 3.05) is 6.61 Å². The van der Waals surface area contributed by atoms with Gasteiger partial charge in [-0.1, -0.05) is 17.7 Å². The quantitative estimate of drug-likeness (QED) is 0.401. The highest BCUT2D eigenvalue weighted by Crippen LogP contribution is 2.15. The maximum absolute atomic E-state index is 10.9. The summed E-state index contributed by atoms with van der Waals surface area (Å²) in [7, 11) is -1.66. The first-order chi connectivity index (χ1) is 8.61. The summed E-state index contributed by atoms with van der Waals surface area (Å²) in [6, 6.07) is 0. The minimum absolute atomic E-state index is 0.124. The normalized spacial score (nSPS) is 13.9. The van der Waals surface area contributed by atoms with Crippen molar-refractivity contribution in [2.24, 2.45) is 0 Å². The van der Waals surface area contributed by atoms with Crippen molar-refractivity contribution in [2.45, 2.75) is 59.9 Å². The molecular weight excluding hydrogens is 256 g/mol. The van der Waals surface area contributed by atoms with Gasteiger partial charge >= 0.3 is 5.97 Å². The summed E-state index contributed by atoms with van der Waals surface area (Å²) < 4.78 is 11.2. The number of ether oxygens (including phenoxy) is 1. The summed E-state index contributed by atoms with van der Waals surface area (Å²) in [5.41, 5.74) is 2.42. The second-order valence-electron chi connectivity index (χ2n) is 5.99. The van der Waals surface area contributed by atoms with E-state index in [1.165, 1.54) is 12.5 Å². The molecule has 0 fully saturated rings. The molecular formula is C15H28O3Si. The predicted octanol–water partition coefficient (Wildman–Crippen LogP) is 4.07. The summed E-state index contributed by atoms with van der Waals surface area (Å²) >= 11 is 0. The summed E-state index contributed by atoms with van der Waals surface area (Å²) in [5.74, 6) is -0.263. The number of carbonyl (C=O) groups is 1. The van der Waals surface area contributed by atoms with Gasteiger partial charge in [0.1, 0.15) is 12.7 Å². The van der Waals surface area contributed by atoms with E-state index in [4.69, 9.17) is 9.16 Å². The van der Waals surface area contributed by atoms with Crippen molar-refractivity contribution in [3.63, 3.8) is 0 Å². The molecule has 19 heavy (non-hydrogen) atoms. The van der Waals surface area contributed by atoms with E-state index in [9.17, 15) is 4.79 Å². The van der Waals surface area contributed by atoms with Crippen LogP contribution in [0, 0.1) is 0 Å². The molecule has 1 atom stereocenters. The zero-order chi connectivity index (χ0) is 15.1. The molecule has 1 unspecified atom stereocenters. The third kappa shape index (κ3) is 10.7. The Kier molecular flexibility index (Phi) is 7.95. The maximum Gasteiger partial charge on any atom is 0.302 e. The van der Waals surface area contributed by atoms with Gasteiger partial charge in [0.2, 0.25) is 0 Å². The zero-order valence-corrected chi connectivity index (χ0v) is 14.4. The fourth-order valence-corrected chi connectivity index (χ4v) is 2.60. The average Bonchev–Trinajstić information content (AvgIpc) is 2.21. The molecule has 0 aliphatic carbocycles. The molecule has 0 N–H and O–H groups in total. The summed E-state index contributed by atoms with van der Waals surface area (Å²) in [5, 5.41) is 0. The highest BCUT2D eigenvalue weighted by Gasteiger charge is 2.23. The first kappa shape index (κ1) is 18.1. The molecule has 0 rings (SSSR count). The van der Waals surface area contributed by atoms with Crippen LogP contribution < -0.4 is 0 Å².